The average Bonchev–Trinajstić information content (AvgIpc) is 3.22. The Morgan fingerprint density at radius 3 is 2.40 bits per heavy atom. The zero-order chi connectivity index (χ0) is 25.5. The molecule has 1 amide bonds. The number of carbonyl (C=O) groups excluding carboxylic acids is 1. The van der Waals surface area contributed by atoms with Gasteiger partial charge in [0, 0.05) is 18.2 Å². The molecule has 0 saturated heterocycles. The van der Waals surface area contributed by atoms with Crippen LogP contribution in [0, 0.1) is 0 Å². The molecule has 0 aliphatic carbocycles. The van der Waals surface area contributed by atoms with Crippen LogP contribution < -0.4 is 15.4 Å². The van der Waals surface area contributed by atoms with Crippen LogP contribution in [0.1, 0.15) is 40.1 Å². The molecule has 1 aliphatic heterocycles. The van der Waals surface area contributed by atoms with E-state index in [9.17, 15) is 31.1 Å². The molecule has 0 spiro atoms. The van der Waals surface area contributed by atoms with Gasteiger partial charge in [-0.3, -0.25) is 4.79 Å². The summed E-state index contributed by atoms with van der Waals surface area (Å²) >= 11 is 5.57. The summed E-state index contributed by atoms with van der Waals surface area (Å²) in [4.78, 5) is 12.6. The minimum atomic E-state index is -4.76. The van der Waals surface area contributed by atoms with E-state index in [4.69, 9.17) is 16.3 Å². The first kappa shape index (κ1) is 24.7. The van der Waals surface area contributed by atoms with Gasteiger partial charge in [-0.2, -0.15) is 31.4 Å². The molecule has 2 unspecified atom stereocenters. The van der Waals surface area contributed by atoms with Crippen molar-refractivity contribution in [1.29, 1.82) is 0 Å². The second kappa shape index (κ2) is 8.99. The lowest BCUT2D eigenvalue weighted by Gasteiger charge is -2.33. The van der Waals surface area contributed by atoms with Gasteiger partial charge >= 0.3 is 12.4 Å². The van der Waals surface area contributed by atoms with Crippen molar-refractivity contribution < 1.29 is 35.9 Å². The molecule has 4 rings (SSSR count). The van der Waals surface area contributed by atoms with E-state index in [0.717, 1.165) is 18.2 Å². The molecule has 0 saturated carbocycles. The largest absolute Gasteiger partial charge is 0.497 e. The Labute approximate surface area is 199 Å². The number of carbonyl (C=O) groups is 1. The normalized spacial score (nSPS) is 17.9. The quantitative estimate of drug-likeness (QED) is 0.388. The van der Waals surface area contributed by atoms with Gasteiger partial charge in [-0.15, -0.1) is 0 Å². The van der Waals surface area contributed by atoms with E-state index < -0.39 is 53.0 Å². The fourth-order valence-corrected chi connectivity index (χ4v) is 3.98. The number of ether oxygens (including phenoxy) is 1. The highest BCUT2D eigenvalue weighted by Gasteiger charge is 2.47. The second-order valence-electron chi connectivity index (χ2n) is 7.77. The lowest BCUT2D eigenvalue weighted by Crippen LogP contribution is -2.35. The Hall–Kier alpha value is -3.41. The molecule has 6 nitrogen and oxygen atoms in total. The summed E-state index contributed by atoms with van der Waals surface area (Å²) in [5, 5.41) is 8.39. The highest BCUT2D eigenvalue weighted by molar-refractivity contribution is 6.31. The van der Waals surface area contributed by atoms with Crippen molar-refractivity contribution in [1.82, 2.24) is 9.78 Å². The Bertz CT molecular complexity index is 1240. The summed E-state index contributed by atoms with van der Waals surface area (Å²) in [6.07, 6.45) is -9.82. The first-order valence-corrected chi connectivity index (χ1v) is 10.5. The highest BCUT2D eigenvalue weighted by atomic mass is 35.5. The van der Waals surface area contributed by atoms with Gasteiger partial charge in [-0.25, -0.2) is 4.68 Å². The Morgan fingerprint density at radius 2 is 1.80 bits per heavy atom. The molecule has 2 aromatic carbocycles. The van der Waals surface area contributed by atoms with Gasteiger partial charge in [0.05, 0.1) is 23.7 Å². The number of alkyl halides is 6. The number of methoxy groups -OCH3 is 1. The molecule has 2 N–H and O–H groups in total. The minimum Gasteiger partial charge on any atom is -0.497 e. The van der Waals surface area contributed by atoms with Crippen LogP contribution in [0.5, 0.6) is 5.75 Å². The van der Waals surface area contributed by atoms with Crippen molar-refractivity contribution in [2.24, 2.45) is 0 Å². The van der Waals surface area contributed by atoms with E-state index in [1.807, 2.05) is 0 Å². The summed E-state index contributed by atoms with van der Waals surface area (Å²) in [6.45, 7) is 0. The van der Waals surface area contributed by atoms with Crippen molar-refractivity contribution >= 4 is 29.0 Å². The molecule has 2 heterocycles. The molecular weight excluding hydrogens is 502 g/mol. The van der Waals surface area contributed by atoms with Crippen LogP contribution in [0.3, 0.4) is 0 Å². The number of anilines is 2. The zero-order valence-corrected chi connectivity index (χ0v) is 18.6. The molecular formula is C22H17ClF6N4O2. The molecule has 13 heteroatoms. The number of amides is 1. The lowest BCUT2D eigenvalue weighted by atomic mass is 9.97. The summed E-state index contributed by atoms with van der Waals surface area (Å²) < 4.78 is 86.5. The molecule has 0 bridgehead atoms. The number of benzene rings is 2. The highest BCUT2D eigenvalue weighted by Crippen LogP contribution is 2.44. The minimum absolute atomic E-state index is 0.0587. The number of hydrogen-bond donors (Lipinski definition) is 2. The number of rotatable bonds is 4. The fourth-order valence-electron chi connectivity index (χ4n) is 3.75. The molecule has 1 aliphatic rings. The van der Waals surface area contributed by atoms with Gasteiger partial charge in [-0.05, 0) is 35.9 Å². The number of fused-ring (bicyclic) bond motifs is 1. The third-order valence-electron chi connectivity index (χ3n) is 5.47. The number of hydrogen-bond acceptors (Lipinski definition) is 4. The Morgan fingerprint density at radius 1 is 1.11 bits per heavy atom. The molecule has 186 valence electrons. The van der Waals surface area contributed by atoms with Crippen LogP contribution in [-0.4, -0.2) is 29.0 Å². The van der Waals surface area contributed by atoms with E-state index in [0.29, 0.717) is 22.1 Å². The number of nitrogens with one attached hydrogen (secondary N) is 2. The van der Waals surface area contributed by atoms with Crippen LogP contribution in [0.4, 0.5) is 37.8 Å². The number of aromatic nitrogens is 2. The summed E-state index contributed by atoms with van der Waals surface area (Å²) in [6, 6.07) is 7.57. The SMILES string of the molecule is COc1ccc(C2CC(C(F)(F)F)n3nc(C(=O)Nc4ccc(Cl)c(C(F)(F)F)c4)cc3N2)cc1. The van der Waals surface area contributed by atoms with Crippen LogP contribution >= 0.6 is 11.6 Å². The Kier molecular flexibility index (Phi) is 6.34. The Balaban J connectivity index is 1.62. The standard InChI is InChI=1S/C22H17ClF6N4O2/c1-35-13-5-2-11(3-6-13)16-9-18(22(27,28)29)33-19(31-16)10-17(32-33)20(34)30-12-4-7-15(23)14(8-12)21(24,25)26/h2-8,10,16,18,31H,9H2,1H3,(H,30,34). The number of nitrogens with zero attached hydrogens (tertiary/aromatic N) is 2. The molecule has 1 aromatic heterocycles. The third kappa shape index (κ3) is 5.16. The van der Waals surface area contributed by atoms with E-state index >= 15 is 0 Å². The van der Waals surface area contributed by atoms with Gasteiger partial charge in [-0.1, -0.05) is 23.7 Å². The molecule has 35 heavy (non-hydrogen) atoms. The van der Waals surface area contributed by atoms with Crippen LogP contribution in [0.25, 0.3) is 0 Å². The van der Waals surface area contributed by atoms with E-state index in [-0.39, 0.29) is 11.5 Å². The maximum Gasteiger partial charge on any atom is 0.417 e. The molecule has 0 fully saturated rings. The smallest absolute Gasteiger partial charge is 0.417 e. The first-order valence-electron chi connectivity index (χ1n) is 10.1. The fraction of sp³-hybridized carbons (Fsp3) is 0.273. The van der Waals surface area contributed by atoms with Gasteiger partial charge < -0.3 is 15.4 Å². The van der Waals surface area contributed by atoms with Gasteiger partial charge in [0.1, 0.15) is 11.6 Å². The predicted molar refractivity (Wildman–Crippen MR) is 116 cm³/mol. The summed E-state index contributed by atoms with van der Waals surface area (Å²) in [5.74, 6) is -0.500. The molecule has 2 atom stereocenters. The van der Waals surface area contributed by atoms with Crippen molar-refractivity contribution in [2.45, 2.75) is 30.9 Å². The van der Waals surface area contributed by atoms with Gasteiger partial charge in [0.15, 0.2) is 11.7 Å². The summed E-state index contributed by atoms with van der Waals surface area (Å²) in [7, 11) is 1.46. The maximum absolute atomic E-state index is 13.9. The monoisotopic (exact) mass is 518 g/mol. The third-order valence-corrected chi connectivity index (χ3v) is 5.80. The van der Waals surface area contributed by atoms with Crippen molar-refractivity contribution in [2.75, 3.05) is 17.7 Å². The first-order chi connectivity index (χ1) is 16.4. The predicted octanol–water partition coefficient (Wildman–Crippen LogP) is 6.48. The molecule has 0 radical (unpaired) electrons. The lowest BCUT2D eigenvalue weighted by molar-refractivity contribution is -0.173. The second-order valence-corrected chi connectivity index (χ2v) is 8.18. The molecule has 3 aromatic rings. The van der Waals surface area contributed by atoms with E-state index in [1.54, 1.807) is 24.3 Å². The van der Waals surface area contributed by atoms with Gasteiger partial charge in [0.2, 0.25) is 0 Å². The maximum atomic E-state index is 13.9. The van der Waals surface area contributed by atoms with E-state index in [2.05, 4.69) is 15.7 Å². The van der Waals surface area contributed by atoms with Gasteiger partial charge in [0.25, 0.3) is 5.91 Å². The summed E-state index contributed by atoms with van der Waals surface area (Å²) in [5.41, 5.74) is -1.24. The van der Waals surface area contributed by atoms with Crippen molar-refractivity contribution in [3.63, 3.8) is 0 Å². The van der Waals surface area contributed by atoms with Crippen molar-refractivity contribution in [3.05, 3.63) is 70.4 Å². The number of halogens is 7. The van der Waals surface area contributed by atoms with E-state index in [1.165, 1.54) is 7.11 Å². The van der Waals surface area contributed by atoms with Crippen LogP contribution in [-0.2, 0) is 6.18 Å². The topological polar surface area (TPSA) is 68.2 Å². The van der Waals surface area contributed by atoms with Crippen LogP contribution in [0.2, 0.25) is 5.02 Å². The van der Waals surface area contributed by atoms with Crippen molar-refractivity contribution in [3.8, 4) is 5.75 Å². The van der Waals surface area contributed by atoms with Crippen LogP contribution in [0.15, 0.2) is 48.5 Å². The average molecular weight is 519 g/mol. The zero-order valence-electron chi connectivity index (χ0n) is 17.8.